The van der Waals surface area contributed by atoms with E-state index >= 15 is 0 Å². The monoisotopic (exact) mass is 246 g/mol. The molecule has 0 saturated carbocycles. The standard InChI is InChI=1S/C15H22N2O/c1-3-17(15(18)14-8-5-9-16-14)11-13-7-4-6-12(2)10-13/h4,6-7,10,14,16H,3,5,8-9,11H2,1-2H3/t14-/m0/s1. The van der Waals surface area contributed by atoms with E-state index in [4.69, 9.17) is 0 Å². The van der Waals surface area contributed by atoms with Crippen molar-refractivity contribution < 1.29 is 4.79 Å². The molecule has 98 valence electrons. The molecular formula is C15H22N2O. The van der Waals surface area contributed by atoms with Gasteiger partial charge in [0.15, 0.2) is 0 Å². The topological polar surface area (TPSA) is 32.3 Å². The third-order valence-corrected chi connectivity index (χ3v) is 3.51. The van der Waals surface area contributed by atoms with Crippen LogP contribution in [0.25, 0.3) is 0 Å². The molecule has 1 saturated heterocycles. The Bertz CT molecular complexity index is 411. The SMILES string of the molecule is CCN(Cc1cccc(C)c1)C(=O)[C@@H]1CCCN1. The molecule has 1 aromatic carbocycles. The maximum Gasteiger partial charge on any atom is 0.239 e. The highest BCUT2D eigenvalue weighted by atomic mass is 16.2. The van der Waals surface area contributed by atoms with Gasteiger partial charge in [-0.3, -0.25) is 4.79 Å². The first kappa shape index (κ1) is 13.1. The fourth-order valence-electron chi connectivity index (χ4n) is 2.49. The van der Waals surface area contributed by atoms with E-state index in [1.165, 1.54) is 11.1 Å². The summed E-state index contributed by atoms with van der Waals surface area (Å²) in [6.45, 7) is 6.58. The third kappa shape index (κ3) is 3.10. The summed E-state index contributed by atoms with van der Waals surface area (Å²) in [6, 6.07) is 8.41. The van der Waals surface area contributed by atoms with Crippen LogP contribution in [0.2, 0.25) is 0 Å². The zero-order valence-electron chi connectivity index (χ0n) is 11.3. The molecule has 3 heteroatoms. The van der Waals surface area contributed by atoms with Gasteiger partial charge in [0, 0.05) is 13.1 Å². The Morgan fingerprint density at radius 3 is 2.94 bits per heavy atom. The Kier molecular flexibility index (Phi) is 4.37. The zero-order valence-corrected chi connectivity index (χ0v) is 11.3. The second-order valence-corrected chi connectivity index (χ2v) is 4.99. The first-order valence-corrected chi connectivity index (χ1v) is 6.78. The van der Waals surface area contributed by atoms with Crippen LogP contribution < -0.4 is 5.32 Å². The van der Waals surface area contributed by atoms with Crippen LogP contribution in [0.5, 0.6) is 0 Å². The summed E-state index contributed by atoms with van der Waals surface area (Å²) in [5.41, 5.74) is 2.46. The Hall–Kier alpha value is -1.35. The van der Waals surface area contributed by atoms with Gasteiger partial charge in [-0.05, 0) is 38.8 Å². The number of likely N-dealkylation sites (N-methyl/N-ethyl adjacent to an activating group) is 1. The molecule has 0 unspecified atom stereocenters. The minimum atomic E-state index is 0.0368. The quantitative estimate of drug-likeness (QED) is 0.882. The van der Waals surface area contributed by atoms with Gasteiger partial charge in [-0.2, -0.15) is 0 Å². The van der Waals surface area contributed by atoms with E-state index in [1.807, 2.05) is 11.8 Å². The van der Waals surface area contributed by atoms with Crippen LogP contribution in [-0.4, -0.2) is 29.9 Å². The van der Waals surface area contributed by atoms with Crippen molar-refractivity contribution in [3.05, 3.63) is 35.4 Å². The fraction of sp³-hybridized carbons (Fsp3) is 0.533. The Morgan fingerprint density at radius 2 is 2.33 bits per heavy atom. The van der Waals surface area contributed by atoms with Crippen LogP contribution in [0.15, 0.2) is 24.3 Å². The molecule has 1 fully saturated rings. The maximum absolute atomic E-state index is 12.3. The lowest BCUT2D eigenvalue weighted by Gasteiger charge is -2.24. The van der Waals surface area contributed by atoms with Crippen LogP contribution in [0.3, 0.4) is 0 Å². The average Bonchev–Trinajstić information content (AvgIpc) is 2.89. The van der Waals surface area contributed by atoms with Gasteiger partial charge in [0.05, 0.1) is 6.04 Å². The number of carbonyl (C=O) groups excluding carboxylic acids is 1. The third-order valence-electron chi connectivity index (χ3n) is 3.51. The Morgan fingerprint density at radius 1 is 1.50 bits per heavy atom. The summed E-state index contributed by atoms with van der Waals surface area (Å²) < 4.78 is 0. The molecule has 0 spiro atoms. The highest BCUT2D eigenvalue weighted by molar-refractivity contribution is 5.82. The number of benzene rings is 1. The van der Waals surface area contributed by atoms with Crippen molar-refractivity contribution >= 4 is 5.91 Å². The highest BCUT2D eigenvalue weighted by Crippen LogP contribution is 2.12. The first-order chi connectivity index (χ1) is 8.70. The van der Waals surface area contributed by atoms with E-state index in [-0.39, 0.29) is 11.9 Å². The summed E-state index contributed by atoms with van der Waals surface area (Å²) >= 11 is 0. The predicted molar refractivity (Wildman–Crippen MR) is 73.3 cm³/mol. The van der Waals surface area contributed by atoms with Crippen molar-refractivity contribution in [1.29, 1.82) is 0 Å². The van der Waals surface area contributed by atoms with Gasteiger partial charge in [-0.25, -0.2) is 0 Å². The summed E-state index contributed by atoms with van der Waals surface area (Å²) in [7, 11) is 0. The van der Waals surface area contributed by atoms with Crippen molar-refractivity contribution in [2.45, 2.75) is 39.3 Å². The molecule has 1 amide bonds. The van der Waals surface area contributed by atoms with Gasteiger partial charge in [0.1, 0.15) is 0 Å². The second kappa shape index (κ2) is 6.01. The van der Waals surface area contributed by atoms with Gasteiger partial charge in [0.2, 0.25) is 5.91 Å². The van der Waals surface area contributed by atoms with Crippen LogP contribution in [0.4, 0.5) is 0 Å². The van der Waals surface area contributed by atoms with E-state index in [0.29, 0.717) is 0 Å². The summed E-state index contributed by atoms with van der Waals surface area (Å²) in [5.74, 6) is 0.247. The number of aryl methyl sites for hydroxylation is 1. The maximum atomic E-state index is 12.3. The Labute approximate surface area is 109 Å². The van der Waals surface area contributed by atoms with E-state index in [1.54, 1.807) is 0 Å². The number of hydrogen-bond donors (Lipinski definition) is 1. The number of nitrogens with one attached hydrogen (secondary N) is 1. The minimum Gasteiger partial charge on any atom is -0.337 e. The largest absolute Gasteiger partial charge is 0.337 e. The number of rotatable bonds is 4. The lowest BCUT2D eigenvalue weighted by Crippen LogP contribution is -2.43. The number of nitrogens with zero attached hydrogens (tertiary/aromatic N) is 1. The van der Waals surface area contributed by atoms with E-state index in [2.05, 4.69) is 36.5 Å². The Balaban J connectivity index is 2.02. The van der Waals surface area contributed by atoms with Crippen molar-refractivity contribution in [1.82, 2.24) is 10.2 Å². The van der Waals surface area contributed by atoms with Crippen molar-refractivity contribution in [3.63, 3.8) is 0 Å². The van der Waals surface area contributed by atoms with Gasteiger partial charge in [-0.15, -0.1) is 0 Å². The van der Waals surface area contributed by atoms with Crippen LogP contribution in [-0.2, 0) is 11.3 Å². The van der Waals surface area contributed by atoms with E-state index < -0.39 is 0 Å². The van der Waals surface area contributed by atoms with Crippen LogP contribution in [0, 0.1) is 6.92 Å². The van der Waals surface area contributed by atoms with E-state index in [9.17, 15) is 4.79 Å². The first-order valence-electron chi connectivity index (χ1n) is 6.78. The van der Waals surface area contributed by atoms with E-state index in [0.717, 1.165) is 32.5 Å². The molecule has 1 atom stereocenters. The molecular weight excluding hydrogens is 224 g/mol. The number of hydrogen-bond acceptors (Lipinski definition) is 2. The molecule has 1 aromatic rings. The van der Waals surface area contributed by atoms with Crippen molar-refractivity contribution in [2.75, 3.05) is 13.1 Å². The molecule has 2 rings (SSSR count). The molecule has 1 aliphatic heterocycles. The van der Waals surface area contributed by atoms with Crippen LogP contribution >= 0.6 is 0 Å². The van der Waals surface area contributed by atoms with Crippen molar-refractivity contribution in [3.8, 4) is 0 Å². The second-order valence-electron chi connectivity index (χ2n) is 4.99. The van der Waals surface area contributed by atoms with Crippen LogP contribution in [0.1, 0.15) is 30.9 Å². The molecule has 0 bridgehead atoms. The number of amides is 1. The lowest BCUT2D eigenvalue weighted by atomic mass is 10.1. The average molecular weight is 246 g/mol. The molecule has 18 heavy (non-hydrogen) atoms. The molecule has 0 aromatic heterocycles. The molecule has 0 aliphatic carbocycles. The predicted octanol–water partition coefficient (Wildman–Crippen LogP) is 2.10. The molecule has 3 nitrogen and oxygen atoms in total. The summed E-state index contributed by atoms with van der Waals surface area (Å²) in [4.78, 5) is 14.3. The van der Waals surface area contributed by atoms with Gasteiger partial charge in [-0.1, -0.05) is 29.8 Å². The fourth-order valence-corrected chi connectivity index (χ4v) is 2.49. The molecule has 1 heterocycles. The lowest BCUT2D eigenvalue weighted by molar-refractivity contribution is -0.133. The zero-order chi connectivity index (χ0) is 13.0. The van der Waals surface area contributed by atoms with Crippen molar-refractivity contribution in [2.24, 2.45) is 0 Å². The minimum absolute atomic E-state index is 0.0368. The summed E-state index contributed by atoms with van der Waals surface area (Å²) in [6.07, 6.45) is 2.08. The number of carbonyl (C=O) groups is 1. The smallest absolute Gasteiger partial charge is 0.239 e. The molecule has 1 N–H and O–H groups in total. The normalized spacial score (nSPS) is 18.9. The molecule has 1 aliphatic rings. The van der Waals surface area contributed by atoms with Gasteiger partial charge in [0.25, 0.3) is 0 Å². The summed E-state index contributed by atoms with van der Waals surface area (Å²) in [5, 5.41) is 3.28. The van der Waals surface area contributed by atoms with Gasteiger partial charge < -0.3 is 10.2 Å². The highest BCUT2D eigenvalue weighted by Gasteiger charge is 2.25. The van der Waals surface area contributed by atoms with Gasteiger partial charge >= 0.3 is 0 Å². The molecule has 0 radical (unpaired) electrons.